The number of likely N-dealkylation sites (N-methyl/N-ethyl adjacent to an activating group) is 1. The van der Waals surface area contributed by atoms with Gasteiger partial charge in [0.2, 0.25) is 5.91 Å². The molecule has 0 atom stereocenters. The average Bonchev–Trinajstić information content (AvgIpc) is 3.16. The Bertz CT molecular complexity index is 659. The van der Waals surface area contributed by atoms with E-state index in [2.05, 4.69) is 17.4 Å². The number of carbonyl (C=O) groups excluding carboxylic acids is 2. The Morgan fingerprint density at radius 3 is 2.56 bits per heavy atom. The number of amides is 2. The van der Waals surface area contributed by atoms with Gasteiger partial charge in [-0.1, -0.05) is 24.3 Å². The fourth-order valence-electron chi connectivity index (χ4n) is 4.25. The third-order valence-corrected chi connectivity index (χ3v) is 5.85. The molecule has 134 valence electrons. The molecule has 2 fully saturated rings. The van der Waals surface area contributed by atoms with E-state index in [0.717, 1.165) is 38.8 Å². The van der Waals surface area contributed by atoms with Crippen LogP contribution < -0.4 is 5.32 Å². The van der Waals surface area contributed by atoms with Gasteiger partial charge in [0, 0.05) is 25.9 Å². The number of ether oxygens (including phenoxy) is 1. The van der Waals surface area contributed by atoms with Crippen LogP contribution in [-0.4, -0.2) is 66.7 Å². The highest BCUT2D eigenvalue weighted by molar-refractivity contribution is 5.83. The molecule has 1 spiro atoms. The minimum atomic E-state index is -0.398. The first kappa shape index (κ1) is 16.4. The van der Waals surface area contributed by atoms with Gasteiger partial charge in [-0.25, -0.2) is 4.79 Å². The number of rotatable bonds is 3. The lowest BCUT2D eigenvalue weighted by molar-refractivity contribution is -0.132. The molecule has 2 saturated heterocycles. The average molecular weight is 343 g/mol. The molecule has 2 aliphatic heterocycles. The standard InChI is InChI=1S/C19H25N3O3/c1-21(16-10-14-4-2-3-5-15(14)11-16)17(23)12-22-13-19(25-18(22)24)6-8-20-9-7-19/h2-5,16,20H,6-13H2,1H3. The maximum absolute atomic E-state index is 12.7. The van der Waals surface area contributed by atoms with Crippen molar-refractivity contribution in [2.45, 2.75) is 37.3 Å². The molecule has 2 amide bonds. The van der Waals surface area contributed by atoms with Crippen molar-refractivity contribution in [3.8, 4) is 0 Å². The number of nitrogens with zero attached hydrogens (tertiary/aromatic N) is 2. The van der Waals surface area contributed by atoms with Crippen LogP contribution in [0, 0.1) is 0 Å². The third-order valence-electron chi connectivity index (χ3n) is 5.85. The second kappa shape index (κ2) is 6.33. The highest BCUT2D eigenvalue weighted by Crippen LogP contribution is 2.31. The van der Waals surface area contributed by atoms with E-state index in [4.69, 9.17) is 4.74 Å². The molecule has 1 aromatic rings. The van der Waals surface area contributed by atoms with Gasteiger partial charge in [-0.3, -0.25) is 9.69 Å². The summed E-state index contributed by atoms with van der Waals surface area (Å²) >= 11 is 0. The van der Waals surface area contributed by atoms with Gasteiger partial charge < -0.3 is 15.0 Å². The van der Waals surface area contributed by atoms with Gasteiger partial charge in [0.15, 0.2) is 0 Å². The zero-order valence-corrected chi connectivity index (χ0v) is 14.7. The molecular weight excluding hydrogens is 318 g/mol. The van der Waals surface area contributed by atoms with Crippen LogP contribution in [-0.2, 0) is 22.4 Å². The Morgan fingerprint density at radius 1 is 1.28 bits per heavy atom. The summed E-state index contributed by atoms with van der Waals surface area (Å²) in [5.74, 6) is -0.0132. The summed E-state index contributed by atoms with van der Waals surface area (Å²) in [6.07, 6.45) is 3.06. The fraction of sp³-hybridized carbons (Fsp3) is 0.579. The quantitative estimate of drug-likeness (QED) is 0.895. The van der Waals surface area contributed by atoms with Crippen LogP contribution in [0.5, 0.6) is 0 Å². The summed E-state index contributed by atoms with van der Waals surface area (Å²) in [5, 5.41) is 3.29. The van der Waals surface area contributed by atoms with E-state index in [9.17, 15) is 9.59 Å². The zero-order valence-electron chi connectivity index (χ0n) is 14.7. The van der Waals surface area contributed by atoms with Crippen LogP contribution in [0.2, 0.25) is 0 Å². The first-order valence-electron chi connectivity index (χ1n) is 9.07. The van der Waals surface area contributed by atoms with Gasteiger partial charge in [-0.15, -0.1) is 0 Å². The van der Waals surface area contributed by atoms with E-state index in [1.165, 1.54) is 11.1 Å². The van der Waals surface area contributed by atoms with Crippen LogP contribution in [0.15, 0.2) is 24.3 Å². The molecule has 3 aliphatic rings. The Balaban J connectivity index is 1.37. The molecule has 0 unspecified atom stereocenters. The van der Waals surface area contributed by atoms with Crippen LogP contribution in [0.4, 0.5) is 4.79 Å². The van der Waals surface area contributed by atoms with E-state index in [-0.39, 0.29) is 24.6 Å². The van der Waals surface area contributed by atoms with Crippen molar-refractivity contribution < 1.29 is 14.3 Å². The van der Waals surface area contributed by atoms with E-state index in [1.54, 1.807) is 9.80 Å². The smallest absolute Gasteiger partial charge is 0.410 e. The van der Waals surface area contributed by atoms with Crippen molar-refractivity contribution in [3.05, 3.63) is 35.4 Å². The molecule has 4 rings (SSSR count). The molecule has 0 aromatic heterocycles. The number of hydrogen-bond acceptors (Lipinski definition) is 4. The predicted octanol–water partition coefficient (Wildman–Crippen LogP) is 1.19. The molecule has 0 bridgehead atoms. The highest BCUT2D eigenvalue weighted by atomic mass is 16.6. The zero-order chi connectivity index (χ0) is 17.4. The summed E-state index contributed by atoms with van der Waals surface area (Å²) in [6.45, 7) is 2.35. The summed E-state index contributed by atoms with van der Waals surface area (Å²) in [5.41, 5.74) is 2.24. The first-order chi connectivity index (χ1) is 12.1. The summed E-state index contributed by atoms with van der Waals surface area (Å²) < 4.78 is 5.64. The SMILES string of the molecule is CN(C(=O)CN1CC2(CCNCC2)OC1=O)C1Cc2ccccc2C1. The lowest BCUT2D eigenvalue weighted by atomic mass is 9.92. The van der Waals surface area contributed by atoms with Crippen LogP contribution in [0.25, 0.3) is 0 Å². The topological polar surface area (TPSA) is 61.9 Å². The lowest BCUT2D eigenvalue weighted by Crippen LogP contribution is -2.47. The van der Waals surface area contributed by atoms with Gasteiger partial charge in [0.1, 0.15) is 12.1 Å². The number of carbonyl (C=O) groups is 2. The van der Waals surface area contributed by atoms with Crippen molar-refractivity contribution in [2.24, 2.45) is 0 Å². The molecule has 25 heavy (non-hydrogen) atoms. The van der Waals surface area contributed by atoms with E-state index < -0.39 is 5.60 Å². The predicted molar refractivity (Wildman–Crippen MR) is 93.3 cm³/mol. The van der Waals surface area contributed by atoms with Crippen molar-refractivity contribution in [1.29, 1.82) is 0 Å². The largest absolute Gasteiger partial charge is 0.441 e. The summed E-state index contributed by atoms with van der Waals surface area (Å²) in [7, 11) is 1.85. The second-order valence-electron chi connectivity index (χ2n) is 7.49. The van der Waals surface area contributed by atoms with Gasteiger partial charge >= 0.3 is 6.09 Å². The fourth-order valence-corrected chi connectivity index (χ4v) is 4.25. The molecule has 6 nitrogen and oxygen atoms in total. The van der Waals surface area contributed by atoms with E-state index >= 15 is 0 Å². The number of nitrogens with one attached hydrogen (secondary N) is 1. The first-order valence-corrected chi connectivity index (χ1v) is 9.07. The Hall–Kier alpha value is -2.08. The molecular formula is C19H25N3O3. The minimum absolute atomic E-state index is 0.0132. The van der Waals surface area contributed by atoms with Crippen molar-refractivity contribution in [3.63, 3.8) is 0 Å². The Morgan fingerprint density at radius 2 is 1.92 bits per heavy atom. The molecule has 0 radical (unpaired) electrons. The Labute approximate surface area is 148 Å². The minimum Gasteiger partial charge on any atom is -0.441 e. The van der Waals surface area contributed by atoms with E-state index in [0.29, 0.717) is 6.54 Å². The molecule has 1 aromatic carbocycles. The second-order valence-corrected chi connectivity index (χ2v) is 7.49. The van der Waals surface area contributed by atoms with Crippen LogP contribution >= 0.6 is 0 Å². The number of hydrogen-bond donors (Lipinski definition) is 1. The monoisotopic (exact) mass is 343 g/mol. The normalized spacial score (nSPS) is 22.1. The van der Waals surface area contributed by atoms with Crippen LogP contribution in [0.1, 0.15) is 24.0 Å². The Kier molecular flexibility index (Phi) is 4.15. The number of benzene rings is 1. The molecule has 0 saturated carbocycles. The molecule has 1 N–H and O–H groups in total. The lowest BCUT2D eigenvalue weighted by Gasteiger charge is -2.31. The molecule has 1 aliphatic carbocycles. The highest BCUT2D eigenvalue weighted by Gasteiger charge is 2.46. The van der Waals surface area contributed by atoms with Crippen molar-refractivity contribution in [2.75, 3.05) is 33.2 Å². The molecule has 2 heterocycles. The van der Waals surface area contributed by atoms with Gasteiger partial charge in [0.25, 0.3) is 0 Å². The van der Waals surface area contributed by atoms with E-state index in [1.807, 2.05) is 19.2 Å². The summed E-state index contributed by atoms with van der Waals surface area (Å²) in [4.78, 5) is 28.3. The van der Waals surface area contributed by atoms with Crippen molar-refractivity contribution in [1.82, 2.24) is 15.1 Å². The van der Waals surface area contributed by atoms with Gasteiger partial charge in [-0.05, 0) is 37.1 Å². The van der Waals surface area contributed by atoms with Crippen molar-refractivity contribution >= 4 is 12.0 Å². The maximum Gasteiger partial charge on any atom is 0.410 e. The summed E-state index contributed by atoms with van der Waals surface area (Å²) in [6, 6.07) is 8.53. The maximum atomic E-state index is 12.7. The molecule has 6 heteroatoms. The van der Waals surface area contributed by atoms with Crippen LogP contribution in [0.3, 0.4) is 0 Å². The number of fused-ring (bicyclic) bond motifs is 1. The number of piperidine rings is 1. The van der Waals surface area contributed by atoms with Gasteiger partial charge in [0.05, 0.1) is 6.54 Å². The van der Waals surface area contributed by atoms with Gasteiger partial charge in [-0.2, -0.15) is 0 Å². The third kappa shape index (κ3) is 3.11.